The molecular formula is C11H22N2O. The zero-order valence-corrected chi connectivity index (χ0v) is 9.62. The minimum Gasteiger partial charge on any atom is -0.328 e. The third-order valence-electron chi connectivity index (χ3n) is 3.17. The molecule has 0 aromatic heterocycles. The molecule has 1 fully saturated rings. The summed E-state index contributed by atoms with van der Waals surface area (Å²) >= 11 is 0. The van der Waals surface area contributed by atoms with Gasteiger partial charge >= 0.3 is 6.03 Å². The fourth-order valence-corrected chi connectivity index (χ4v) is 1.95. The average molecular weight is 198 g/mol. The molecule has 0 radical (unpaired) electrons. The first-order valence-corrected chi connectivity index (χ1v) is 5.69. The molecule has 1 aliphatic heterocycles. The third-order valence-corrected chi connectivity index (χ3v) is 3.17. The fraction of sp³-hybridized carbons (Fsp3) is 0.909. The largest absolute Gasteiger partial charge is 0.328 e. The Morgan fingerprint density at radius 1 is 1.50 bits per heavy atom. The number of hydrogen-bond donors (Lipinski definition) is 0. The first-order chi connectivity index (χ1) is 6.69. The number of amides is 2. The van der Waals surface area contributed by atoms with Gasteiger partial charge in [-0.05, 0) is 25.7 Å². The second-order valence-electron chi connectivity index (χ2n) is 4.16. The number of hydrogen-bond acceptors (Lipinski definition) is 1. The summed E-state index contributed by atoms with van der Waals surface area (Å²) in [5.74, 6) is 0.720. The highest BCUT2D eigenvalue weighted by Gasteiger charge is 2.23. The Kier molecular flexibility index (Phi) is 4.23. The van der Waals surface area contributed by atoms with Gasteiger partial charge in [0.15, 0.2) is 0 Å². The van der Waals surface area contributed by atoms with E-state index in [1.165, 1.54) is 19.3 Å². The predicted octanol–water partition coefficient (Wildman–Crippen LogP) is 2.18. The van der Waals surface area contributed by atoms with Crippen LogP contribution in [-0.4, -0.2) is 42.5 Å². The van der Waals surface area contributed by atoms with Crippen LogP contribution >= 0.6 is 0 Å². The van der Waals surface area contributed by atoms with Crippen molar-refractivity contribution in [3.05, 3.63) is 0 Å². The number of piperidine rings is 1. The van der Waals surface area contributed by atoms with E-state index < -0.39 is 0 Å². The van der Waals surface area contributed by atoms with E-state index in [2.05, 4.69) is 6.92 Å². The van der Waals surface area contributed by atoms with Gasteiger partial charge in [-0.2, -0.15) is 0 Å². The molecule has 0 N–H and O–H groups in total. The molecule has 0 aromatic rings. The maximum Gasteiger partial charge on any atom is 0.319 e. The van der Waals surface area contributed by atoms with Crippen molar-refractivity contribution in [2.75, 3.05) is 26.7 Å². The topological polar surface area (TPSA) is 23.6 Å². The van der Waals surface area contributed by atoms with Crippen LogP contribution < -0.4 is 0 Å². The van der Waals surface area contributed by atoms with E-state index >= 15 is 0 Å². The molecule has 3 nitrogen and oxygen atoms in total. The summed E-state index contributed by atoms with van der Waals surface area (Å²) in [4.78, 5) is 15.6. The van der Waals surface area contributed by atoms with Gasteiger partial charge in [0.25, 0.3) is 0 Å². The Bertz CT molecular complexity index is 194. The van der Waals surface area contributed by atoms with Gasteiger partial charge in [-0.25, -0.2) is 4.79 Å². The van der Waals surface area contributed by atoms with Crippen molar-refractivity contribution in [2.45, 2.75) is 33.1 Å². The van der Waals surface area contributed by atoms with Crippen LogP contribution in [0.15, 0.2) is 0 Å². The van der Waals surface area contributed by atoms with Crippen molar-refractivity contribution in [1.29, 1.82) is 0 Å². The van der Waals surface area contributed by atoms with Gasteiger partial charge in [0.2, 0.25) is 0 Å². The Morgan fingerprint density at radius 2 is 2.21 bits per heavy atom. The fourth-order valence-electron chi connectivity index (χ4n) is 1.95. The molecule has 1 rings (SSSR count). The third kappa shape index (κ3) is 2.63. The summed E-state index contributed by atoms with van der Waals surface area (Å²) < 4.78 is 0. The molecule has 1 saturated heterocycles. The highest BCUT2D eigenvalue weighted by atomic mass is 16.2. The van der Waals surface area contributed by atoms with Crippen LogP contribution in [0.2, 0.25) is 0 Å². The van der Waals surface area contributed by atoms with Gasteiger partial charge in [0.1, 0.15) is 0 Å². The Morgan fingerprint density at radius 3 is 2.79 bits per heavy atom. The molecule has 1 heterocycles. The van der Waals surface area contributed by atoms with Gasteiger partial charge in [-0.15, -0.1) is 0 Å². The minimum atomic E-state index is 0.200. The monoisotopic (exact) mass is 198 g/mol. The molecule has 1 atom stereocenters. The number of nitrogens with zero attached hydrogens (tertiary/aromatic N) is 2. The SMILES string of the molecule is CCC1CCCN(C(=O)N(C)CC)C1. The van der Waals surface area contributed by atoms with Crippen LogP contribution in [0.5, 0.6) is 0 Å². The summed E-state index contributed by atoms with van der Waals surface area (Å²) in [6.45, 7) is 6.92. The smallest absolute Gasteiger partial charge is 0.319 e. The number of rotatable bonds is 2. The molecule has 1 unspecified atom stereocenters. The zero-order valence-electron chi connectivity index (χ0n) is 9.62. The average Bonchev–Trinajstić information content (AvgIpc) is 2.27. The van der Waals surface area contributed by atoms with Gasteiger partial charge in [-0.3, -0.25) is 0 Å². The van der Waals surface area contributed by atoms with Crippen LogP contribution in [0, 0.1) is 5.92 Å². The summed E-state index contributed by atoms with van der Waals surface area (Å²) in [6, 6.07) is 0.200. The van der Waals surface area contributed by atoms with Gasteiger partial charge < -0.3 is 9.80 Å². The minimum absolute atomic E-state index is 0.200. The molecule has 3 heteroatoms. The highest BCUT2D eigenvalue weighted by Crippen LogP contribution is 2.19. The lowest BCUT2D eigenvalue weighted by molar-refractivity contribution is 0.137. The molecule has 0 bridgehead atoms. The number of likely N-dealkylation sites (tertiary alicyclic amines) is 1. The molecule has 1 aliphatic rings. The molecule has 14 heavy (non-hydrogen) atoms. The van der Waals surface area contributed by atoms with Crippen LogP contribution in [0.25, 0.3) is 0 Å². The first kappa shape index (κ1) is 11.3. The van der Waals surface area contributed by atoms with Crippen molar-refractivity contribution in [3.63, 3.8) is 0 Å². The number of carbonyl (C=O) groups excluding carboxylic acids is 1. The second kappa shape index (κ2) is 5.23. The molecule has 2 amide bonds. The molecule has 0 saturated carbocycles. The van der Waals surface area contributed by atoms with E-state index in [1.54, 1.807) is 4.90 Å². The van der Waals surface area contributed by atoms with Crippen LogP contribution in [0.1, 0.15) is 33.1 Å². The van der Waals surface area contributed by atoms with Crippen molar-refractivity contribution in [1.82, 2.24) is 9.80 Å². The highest BCUT2D eigenvalue weighted by molar-refractivity contribution is 5.74. The Hall–Kier alpha value is -0.730. The van der Waals surface area contributed by atoms with E-state index in [1.807, 2.05) is 18.9 Å². The van der Waals surface area contributed by atoms with Crippen molar-refractivity contribution < 1.29 is 4.79 Å². The first-order valence-electron chi connectivity index (χ1n) is 5.69. The zero-order chi connectivity index (χ0) is 10.6. The van der Waals surface area contributed by atoms with Crippen molar-refractivity contribution in [3.8, 4) is 0 Å². The van der Waals surface area contributed by atoms with Crippen molar-refractivity contribution in [2.24, 2.45) is 5.92 Å². The number of carbonyl (C=O) groups is 1. The van der Waals surface area contributed by atoms with E-state index in [-0.39, 0.29) is 6.03 Å². The van der Waals surface area contributed by atoms with Gasteiger partial charge in [0, 0.05) is 26.7 Å². The summed E-state index contributed by atoms with van der Waals surface area (Å²) in [7, 11) is 1.87. The lowest BCUT2D eigenvalue weighted by atomic mass is 9.96. The summed E-state index contributed by atoms with van der Waals surface area (Å²) in [5.41, 5.74) is 0. The molecule has 0 aliphatic carbocycles. The van der Waals surface area contributed by atoms with Crippen LogP contribution in [-0.2, 0) is 0 Å². The molecule has 82 valence electrons. The van der Waals surface area contributed by atoms with Crippen LogP contribution in [0.3, 0.4) is 0 Å². The number of urea groups is 1. The van der Waals surface area contributed by atoms with Crippen molar-refractivity contribution >= 4 is 6.03 Å². The Balaban J connectivity index is 2.47. The summed E-state index contributed by atoms with van der Waals surface area (Å²) in [6.07, 6.45) is 3.65. The second-order valence-corrected chi connectivity index (χ2v) is 4.16. The normalized spacial score (nSPS) is 22.2. The molecule has 0 aromatic carbocycles. The van der Waals surface area contributed by atoms with E-state index in [4.69, 9.17) is 0 Å². The predicted molar refractivity (Wildman–Crippen MR) is 58.3 cm³/mol. The molecular weight excluding hydrogens is 176 g/mol. The lowest BCUT2D eigenvalue weighted by Crippen LogP contribution is -2.46. The van der Waals surface area contributed by atoms with E-state index in [0.29, 0.717) is 0 Å². The van der Waals surface area contributed by atoms with Crippen LogP contribution in [0.4, 0.5) is 4.79 Å². The lowest BCUT2D eigenvalue weighted by Gasteiger charge is -2.34. The van der Waals surface area contributed by atoms with Gasteiger partial charge in [-0.1, -0.05) is 13.3 Å². The quantitative estimate of drug-likeness (QED) is 0.667. The Labute approximate surface area is 87.1 Å². The van der Waals surface area contributed by atoms with Gasteiger partial charge in [0.05, 0.1) is 0 Å². The molecule has 0 spiro atoms. The standard InChI is InChI=1S/C11H22N2O/c1-4-10-7-6-8-13(9-10)11(14)12(3)5-2/h10H,4-9H2,1-3H3. The van der Waals surface area contributed by atoms with E-state index in [9.17, 15) is 4.79 Å². The maximum absolute atomic E-state index is 11.8. The van der Waals surface area contributed by atoms with E-state index in [0.717, 1.165) is 25.6 Å². The summed E-state index contributed by atoms with van der Waals surface area (Å²) in [5, 5.41) is 0. The maximum atomic E-state index is 11.8.